The van der Waals surface area contributed by atoms with Crippen LogP contribution in [0.25, 0.3) is 43.6 Å². The summed E-state index contributed by atoms with van der Waals surface area (Å²) in [6.45, 7) is 1.69. The Morgan fingerprint density at radius 3 is 2.48 bits per heavy atom. The highest BCUT2D eigenvalue weighted by Gasteiger charge is 2.43. The van der Waals surface area contributed by atoms with E-state index in [1.807, 2.05) is 34.9 Å². The van der Waals surface area contributed by atoms with Crippen LogP contribution in [0.1, 0.15) is 13.2 Å². The minimum absolute atomic E-state index is 0.609. The number of fused-ring (bicyclic) bond motifs is 7. The first kappa shape index (κ1) is 19.1. The van der Waals surface area contributed by atoms with Gasteiger partial charge in [-0.1, -0.05) is 41.9 Å². The van der Waals surface area contributed by atoms with Crippen molar-refractivity contribution in [1.29, 1.82) is 0 Å². The summed E-state index contributed by atoms with van der Waals surface area (Å²) in [6, 6.07) is 17.8. The summed E-state index contributed by atoms with van der Waals surface area (Å²) in [4.78, 5) is 3.52. The number of aliphatic hydroxyl groups excluding tert-OH is 3. The molecule has 1 aliphatic rings. The van der Waals surface area contributed by atoms with E-state index in [1.165, 1.54) is 0 Å². The molecule has 31 heavy (non-hydrogen) atoms. The van der Waals surface area contributed by atoms with Gasteiger partial charge >= 0.3 is 0 Å². The van der Waals surface area contributed by atoms with Crippen molar-refractivity contribution in [1.82, 2.24) is 9.55 Å². The van der Waals surface area contributed by atoms with Crippen LogP contribution >= 0.6 is 11.6 Å². The number of halogens is 1. The standard InChI is InChI=1S/C24H21ClN2O4/c1-11-21(28)22(29)23(30)24(31-11)27-18-9-6-12(25)10-16(18)15-8-7-14-13-4-2-3-5-17(13)26-19(14)20(15)27/h2-11,21-24,26,28-30H,1H3/t11-,21-,22+,23-,24-/m1/s1. The number of ether oxygens (including phenoxy) is 1. The molecule has 0 bridgehead atoms. The summed E-state index contributed by atoms with van der Waals surface area (Å²) < 4.78 is 7.96. The lowest BCUT2D eigenvalue weighted by molar-refractivity contribution is -0.238. The number of para-hydroxylation sites is 1. The van der Waals surface area contributed by atoms with E-state index in [1.54, 1.807) is 13.0 Å². The average Bonchev–Trinajstić information content (AvgIpc) is 3.30. The van der Waals surface area contributed by atoms with Crippen LogP contribution in [0.15, 0.2) is 54.6 Å². The number of nitrogens with zero attached hydrogens (tertiary/aromatic N) is 1. The Morgan fingerprint density at radius 1 is 0.871 bits per heavy atom. The highest BCUT2D eigenvalue weighted by atomic mass is 35.5. The van der Waals surface area contributed by atoms with Gasteiger partial charge in [-0.2, -0.15) is 0 Å². The highest BCUT2D eigenvalue weighted by molar-refractivity contribution is 6.32. The summed E-state index contributed by atoms with van der Waals surface area (Å²) in [7, 11) is 0. The predicted molar refractivity (Wildman–Crippen MR) is 121 cm³/mol. The summed E-state index contributed by atoms with van der Waals surface area (Å²) in [5.41, 5.74) is 3.60. The topological polar surface area (TPSA) is 90.6 Å². The van der Waals surface area contributed by atoms with Gasteiger partial charge in [0.1, 0.15) is 18.3 Å². The van der Waals surface area contributed by atoms with Gasteiger partial charge in [0, 0.05) is 32.1 Å². The highest BCUT2D eigenvalue weighted by Crippen LogP contribution is 2.42. The smallest absolute Gasteiger partial charge is 0.163 e. The Labute approximate surface area is 182 Å². The lowest BCUT2D eigenvalue weighted by atomic mass is 9.99. The van der Waals surface area contributed by atoms with E-state index in [4.69, 9.17) is 16.3 Å². The maximum atomic E-state index is 10.9. The fourth-order valence-electron chi connectivity index (χ4n) is 4.93. The molecule has 3 aromatic carbocycles. The zero-order valence-corrected chi connectivity index (χ0v) is 17.4. The molecule has 0 unspecified atom stereocenters. The molecule has 6 rings (SSSR count). The minimum Gasteiger partial charge on any atom is -0.388 e. The number of hydrogen-bond acceptors (Lipinski definition) is 4. The van der Waals surface area contributed by atoms with Crippen LogP contribution in [0.4, 0.5) is 0 Å². The van der Waals surface area contributed by atoms with Crippen LogP contribution in [0.2, 0.25) is 5.02 Å². The summed E-state index contributed by atoms with van der Waals surface area (Å²) >= 11 is 6.32. The molecular weight excluding hydrogens is 416 g/mol. The monoisotopic (exact) mass is 436 g/mol. The van der Waals surface area contributed by atoms with Gasteiger partial charge in [0.25, 0.3) is 0 Å². The molecule has 4 N–H and O–H groups in total. The molecule has 1 fully saturated rings. The number of H-pyrrole nitrogens is 1. The predicted octanol–water partition coefficient (Wildman–Crippen LogP) is 4.08. The third-order valence-electron chi connectivity index (χ3n) is 6.49. The van der Waals surface area contributed by atoms with E-state index in [2.05, 4.69) is 23.2 Å². The van der Waals surface area contributed by atoms with Crippen molar-refractivity contribution in [3.63, 3.8) is 0 Å². The molecule has 0 spiro atoms. The minimum atomic E-state index is -1.32. The lowest BCUT2D eigenvalue weighted by Gasteiger charge is -2.40. The number of aliphatic hydroxyl groups is 3. The van der Waals surface area contributed by atoms with Crippen molar-refractivity contribution >= 4 is 55.2 Å². The van der Waals surface area contributed by atoms with Crippen LogP contribution in [0.5, 0.6) is 0 Å². The first-order valence-corrected chi connectivity index (χ1v) is 10.7. The quantitative estimate of drug-likeness (QED) is 0.318. The van der Waals surface area contributed by atoms with E-state index in [-0.39, 0.29) is 0 Å². The van der Waals surface area contributed by atoms with E-state index in [9.17, 15) is 15.3 Å². The van der Waals surface area contributed by atoms with Crippen LogP contribution in [-0.2, 0) is 4.74 Å². The fraction of sp³-hybridized carbons (Fsp3) is 0.250. The number of benzene rings is 3. The average molecular weight is 437 g/mol. The first-order chi connectivity index (χ1) is 15.0. The molecule has 1 aliphatic heterocycles. The van der Waals surface area contributed by atoms with Gasteiger partial charge in [-0.15, -0.1) is 0 Å². The Bertz CT molecular complexity index is 1470. The molecule has 2 aromatic heterocycles. The number of rotatable bonds is 1. The SMILES string of the molecule is C[C@H]1O[C@@H](n2c3ccc(Cl)cc3c3ccc4c5ccccc5[nH]c4c32)[C@H](O)[C@@H](O)[C@@H]1O. The normalized spacial score (nSPS) is 27.1. The van der Waals surface area contributed by atoms with Crippen molar-refractivity contribution in [2.75, 3.05) is 0 Å². The zero-order chi connectivity index (χ0) is 21.4. The molecule has 5 atom stereocenters. The van der Waals surface area contributed by atoms with Gasteiger partial charge in [-0.3, -0.25) is 0 Å². The molecule has 6 nitrogen and oxygen atoms in total. The number of hydrogen-bond donors (Lipinski definition) is 4. The zero-order valence-electron chi connectivity index (χ0n) is 16.7. The molecule has 0 aliphatic carbocycles. The maximum absolute atomic E-state index is 10.9. The second kappa shape index (κ2) is 6.69. The van der Waals surface area contributed by atoms with E-state index >= 15 is 0 Å². The molecule has 0 radical (unpaired) electrons. The van der Waals surface area contributed by atoms with Gasteiger partial charge in [0.2, 0.25) is 0 Å². The lowest BCUT2D eigenvalue weighted by Crippen LogP contribution is -2.54. The van der Waals surface area contributed by atoms with Gasteiger partial charge in [-0.25, -0.2) is 0 Å². The number of aromatic nitrogens is 2. The Hall–Kier alpha value is -2.61. The largest absolute Gasteiger partial charge is 0.388 e. The van der Waals surface area contributed by atoms with E-state index in [0.717, 1.165) is 43.6 Å². The Morgan fingerprint density at radius 2 is 1.65 bits per heavy atom. The van der Waals surface area contributed by atoms with E-state index < -0.39 is 30.6 Å². The number of aromatic amines is 1. The van der Waals surface area contributed by atoms with Crippen molar-refractivity contribution in [2.24, 2.45) is 0 Å². The van der Waals surface area contributed by atoms with Gasteiger partial charge < -0.3 is 29.6 Å². The van der Waals surface area contributed by atoms with Crippen molar-refractivity contribution < 1.29 is 20.1 Å². The maximum Gasteiger partial charge on any atom is 0.163 e. The van der Waals surface area contributed by atoms with Crippen molar-refractivity contribution in [3.05, 3.63) is 59.6 Å². The third-order valence-corrected chi connectivity index (χ3v) is 6.72. The molecule has 7 heteroatoms. The van der Waals surface area contributed by atoms with Gasteiger partial charge in [-0.05, 0) is 31.2 Å². The van der Waals surface area contributed by atoms with Crippen molar-refractivity contribution in [3.8, 4) is 0 Å². The molecule has 0 saturated carbocycles. The number of nitrogens with one attached hydrogen (secondary N) is 1. The van der Waals surface area contributed by atoms with Gasteiger partial charge in [0.15, 0.2) is 6.23 Å². The second-order valence-electron chi connectivity index (χ2n) is 8.29. The van der Waals surface area contributed by atoms with E-state index in [0.29, 0.717) is 5.02 Å². The van der Waals surface area contributed by atoms with Crippen molar-refractivity contribution in [2.45, 2.75) is 37.6 Å². The summed E-state index contributed by atoms with van der Waals surface area (Å²) in [6.07, 6.45) is -5.32. The molecule has 3 heterocycles. The summed E-state index contributed by atoms with van der Waals surface area (Å²) in [5, 5.41) is 36.2. The molecular formula is C24H21ClN2O4. The molecule has 1 saturated heterocycles. The third kappa shape index (κ3) is 2.60. The summed E-state index contributed by atoms with van der Waals surface area (Å²) in [5.74, 6) is 0. The Kier molecular flexibility index (Phi) is 4.12. The van der Waals surface area contributed by atoms with Crippen LogP contribution in [0, 0.1) is 0 Å². The molecule has 158 valence electrons. The van der Waals surface area contributed by atoms with Crippen LogP contribution in [-0.4, -0.2) is 49.3 Å². The Balaban J connectivity index is 1.76. The van der Waals surface area contributed by atoms with Crippen LogP contribution < -0.4 is 0 Å². The molecule has 5 aromatic rings. The molecule has 0 amide bonds. The first-order valence-electron chi connectivity index (χ1n) is 10.3. The van der Waals surface area contributed by atoms with Gasteiger partial charge in [0.05, 0.1) is 22.7 Å². The second-order valence-corrected chi connectivity index (χ2v) is 8.73. The van der Waals surface area contributed by atoms with Crippen LogP contribution in [0.3, 0.4) is 0 Å². The fourth-order valence-corrected chi connectivity index (χ4v) is 5.11.